The minimum absolute atomic E-state index is 1.03. The molecule has 0 spiro atoms. The molecule has 0 aliphatic heterocycles. The van der Waals surface area contributed by atoms with Gasteiger partial charge in [-0.05, 0) is 36.4 Å². The van der Waals surface area contributed by atoms with Crippen LogP contribution in [0, 0.1) is 11.8 Å². The highest BCUT2D eigenvalue weighted by atomic mass is 32.1. The second-order valence-corrected chi connectivity index (χ2v) is 7.24. The summed E-state index contributed by atoms with van der Waals surface area (Å²) >= 11 is 1.82. The van der Waals surface area contributed by atoms with Gasteiger partial charge in [0.05, 0.1) is 16.3 Å². The van der Waals surface area contributed by atoms with Crippen molar-refractivity contribution in [1.29, 1.82) is 0 Å². The number of fused-ring (bicyclic) bond motifs is 2. The first-order valence-electron chi connectivity index (χ1n) is 8.25. The molecule has 0 unspecified atom stereocenters. The van der Waals surface area contributed by atoms with Crippen molar-refractivity contribution in [3.63, 3.8) is 0 Å². The Morgan fingerprint density at radius 2 is 1.24 bits per heavy atom. The van der Waals surface area contributed by atoms with Crippen molar-refractivity contribution in [2.24, 2.45) is 0 Å². The first kappa shape index (κ1) is 15.6. The van der Waals surface area contributed by atoms with E-state index < -0.39 is 0 Å². The van der Waals surface area contributed by atoms with Gasteiger partial charge in [0.1, 0.15) is 0 Å². The minimum Gasteiger partial charge on any atom is -0.378 e. The Morgan fingerprint density at radius 3 is 1.80 bits per heavy atom. The van der Waals surface area contributed by atoms with Crippen LogP contribution in [-0.4, -0.2) is 14.1 Å². The van der Waals surface area contributed by atoms with Crippen LogP contribution in [0.5, 0.6) is 0 Å². The fraction of sp³-hybridized carbons (Fsp3) is 0.0870. The Morgan fingerprint density at radius 1 is 0.680 bits per heavy atom. The van der Waals surface area contributed by atoms with Crippen LogP contribution in [0.25, 0.3) is 20.2 Å². The number of hydrogen-bond donors (Lipinski definition) is 0. The molecule has 2 heteroatoms. The van der Waals surface area contributed by atoms with Crippen LogP contribution in [0.4, 0.5) is 5.69 Å². The maximum Gasteiger partial charge on any atom is 0.240 e. The zero-order chi connectivity index (χ0) is 17.2. The average molecular weight is 340 g/mol. The van der Waals surface area contributed by atoms with Crippen molar-refractivity contribution in [3.8, 4) is 11.8 Å². The fourth-order valence-corrected chi connectivity index (χ4v) is 3.99. The minimum atomic E-state index is 1.03. The molecule has 0 aliphatic rings. The summed E-state index contributed by atoms with van der Waals surface area (Å²) in [5.74, 6) is 6.79. The molecule has 0 radical (unpaired) electrons. The SMILES string of the molecule is CN(C)c1ccc(C#Cc2c3ccccc3[s+]c3ccccc23)cc1. The van der Waals surface area contributed by atoms with Gasteiger partial charge in [-0.2, -0.15) is 0 Å². The Hall–Kier alpha value is -2.89. The van der Waals surface area contributed by atoms with Crippen LogP contribution >= 0.6 is 11.3 Å². The molecule has 0 saturated heterocycles. The van der Waals surface area contributed by atoms with E-state index in [1.807, 2.05) is 25.4 Å². The zero-order valence-corrected chi connectivity index (χ0v) is 15.1. The third kappa shape index (κ3) is 3.07. The molecule has 0 N–H and O–H groups in total. The van der Waals surface area contributed by atoms with Gasteiger partial charge in [-0.15, -0.1) is 0 Å². The summed E-state index contributed by atoms with van der Waals surface area (Å²) in [6, 6.07) is 25.4. The summed E-state index contributed by atoms with van der Waals surface area (Å²) in [5, 5.41) is 2.45. The molecule has 0 saturated carbocycles. The lowest BCUT2D eigenvalue weighted by Crippen LogP contribution is -2.07. The molecule has 1 aromatic heterocycles. The van der Waals surface area contributed by atoms with Crippen LogP contribution in [0.3, 0.4) is 0 Å². The van der Waals surface area contributed by atoms with Gasteiger partial charge in [-0.1, -0.05) is 36.1 Å². The summed E-state index contributed by atoms with van der Waals surface area (Å²) in [6.07, 6.45) is 0. The van der Waals surface area contributed by atoms with E-state index in [-0.39, 0.29) is 0 Å². The molecule has 0 aliphatic carbocycles. The van der Waals surface area contributed by atoms with Crippen molar-refractivity contribution in [1.82, 2.24) is 0 Å². The number of nitrogens with zero attached hydrogens (tertiary/aromatic N) is 1. The van der Waals surface area contributed by atoms with Crippen molar-refractivity contribution < 1.29 is 0 Å². The van der Waals surface area contributed by atoms with Gasteiger partial charge >= 0.3 is 0 Å². The van der Waals surface area contributed by atoms with Gasteiger partial charge < -0.3 is 4.90 Å². The van der Waals surface area contributed by atoms with Crippen LogP contribution in [0.2, 0.25) is 0 Å². The molecule has 1 nitrogen and oxygen atoms in total. The second kappa shape index (κ2) is 6.55. The summed E-state index contributed by atoms with van der Waals surface area (Å²) < 4.78 is 2.54. The smallest absolute Gasteiger partial charge is 0.240 e. The largest absolute Gasteiger partial charge is 0.378 e. The first-order valence-corrected chi connectivity index (χ1v) is 9.07. The van der Waals surface area contributed by atoms with E-state index in [1.165, 1.54) is 25.9 Å². The predicted molar refractivity (Wildman–Crippen MR) is 110 cm³/mol. The molecule has 0 bridgehead atoms. The topological polar surface area (TPSA) is 3.24 Å². The van der Waals surface area contributed by atoms with Crippen molar-refractivity contribution in [2.75, 3.05) is 19.0 Å². The van der Waals surface area contributed by atoms with Crippen LogP contribution in [0.1, 0.15) is 11.1 Å². The molecule has 4 aromatic rings. The van der Waals surface area contributed by atoms with E-state index in [9.17, 15) is 0 Å². The highest BCUT2D eigenvalue weighted by Gasteiger charge is 2.15. The van der Waals surface area contributed by atoms with Crippen molar-refractivity contribution in [2.45, 2.75) is 0 Å². The Kier molecular flexibility index (Phi) is 4.09. The predicted octanol–water partition coefficient (Wildman–Crippen LogP) is 5.80. The van der Waals surface area contributed by atoms with Crippen LogP contribution < -0.4 is 4.90 Å². The highest BCUT2D eigenvalue weighted by Crippen LogP contribution is 2.32. The summed E-state index contributed by atoms with van der Waals surface area (Å²) in [5.41, 5.74) is 3.33. The molecule has 120 valence electrons. The monoisotopic (exact) mass is 340 g/mol. The summed E-state index contributed by atoms with van der Waals surface area (Å²) in [6.45, 7) is 0. The van der Waals surface area contributed by atoms with Crippen molar-refractivity contribution >= 4 is 37.2 Å². The third-order valence-electron chi connectivity index (χ3n) is 4.25. The quantitative estimate of drug-likeness (QED) is 0.240. The molecule has 0 amide bonds. The van der Waals surface area contributed by atoms with E-state index in [2.05, 4.69) is 89.5 Å². The van der Waals surface area contributed by atoms with E-state index in [1.54, 1.807) is 0 Å². The van der Waals surface area contributed by atoms with E-state index in [4.69, 9.17) is 0 Å². The van der Waals surface area contributed by atoms with Gasteiger partial charge in [0.15, 0.2) is 0 Å². The average Bonchev–Trinajstić information content (AvgIpc) is 2.65. The van der Waals surface area contributed by atoms with Gasteiger partial charge in [-0.25, -0.2) is 0 Å². The number of benzene rings is 3. The Balaban J connectivity index is 1.88. The van der Waals surface area contributed by atoms with Crippen LogP contribution in [-0.2, 0) is 0 Å². The molecule has 1 heterocycles. The Labute approximate surface area is 152 Å². The molecule has 4 rings (SSSR count). The molecular weight excluding hydrogens is 322 g/mol. The molecule has 0 fully saturated rings. The van der Waals surface area contributed by atoms with Gasteiger partial charge in [-0.3, -0.25) is 0 Å². The van der Waals surface area contributed by atoms with E-state index in [0.717, 1.165) is 11.1 Å². The van der Waals surface area contributed by atoms with Crippen molar-refractivity contribution in [3.05, 3.63) is 83.9 Å². The molecule has 25 heavy (non-hydrogen) atoms. The molecule has 3 aromatic carbocycles. The fourth-order valence-electron chi connectivity index (χ4n) is 2.90. The standard InChI is InChI=1S/C23H18NS/c1-24(2)18-14-11-17(12-15-18)13-16-19-20-7-3-5-9-22(20)25-23-10-6-4-8-21(19)23/h3-12,14-15H,1-2H3/q+1. The van der Waals surface area contributed by atoms with E-state index in [0.29, 0.717) is 0 Å². The first-order chi connectivity index (χ1) is 12.2. The maximum absolute atomic E-state index is 3.44. The van der Waals surface area contributed by atoms with Gasteiger partial charge in [0, 0.05) is 37.5 Å². The Bertz CT molecular complexity index is 1060. The lowest BCUT2D eigenvalue weighted by molar-refractivity contribution is 1.13. The molecular formula is C23H18NS+. The van der Waals surface area contributed by atoms with Crippen LogP contribution in [0.15, 0.2) is 72.8 Å². The normalized spacial score (nSPS) is 10.5. The van der Waals surface area contributed by atoms with Gasteiger partial charge in [0.25, 0.3) is 0 Å². The lowest BCUT2D eigenvalue weighted by Gasteiger charge is -2.11. The molecule has 0 atom stereocenters. The zero-order valence-electron chi connectivity index (χ0n) is 14.3. The second-order valence-electron chi connectivity index (χ2n) is 6.16. The number of hydrogen-bond acceptors (Lipinski definition) is 1. The third-order valence-corrected chi connectivity index (χ3v) is 5.40. The summed E-state index contributed by atoms with van der Waals surface area (Å²) in [7, 11) is 4.09. The maximum atomic E-state index is 3.44. The summed E-state index contributed by atoms with van der Waals surface area (Å²) in [4.78, 5) is 2.09. The number of rotatable bonds is 1. The van der Waals surface area contributed by atoms with Gasteiger partial charge in [0.2, 0.25) is 20.7 Å². The van der Waals surface area contributed by atoms with E-state index >= 15 is 0 Å². The lowest BCUT2D eigenvalue weighted by atomic mass is 10.1. The highest BCUT2D eigenvalue weighted by molar-refractivity contribution is 7.24. The number of anilines is 1.